The molecule has 2 N–H and O–H groups in total. The maximum absolute atomic E-state index is 12.1. The Morgan fingerprint density at radius 2 is 2.00 bits per heavy atom. The van der Waals surface area contributed by atoms with Gasteiger partial charge in [0.1, 0.15) is 17.4 Å². The number of phenols is 1. The SMILES string of the molecule is C[C@H](OC(=O)c1cc(Br)ccc1O)C(=O)Nc1ccccc1C#N. The fourth-order valence-electron chi connectivity index (χ4n) is 1.87. The topological polar surface area (TPSA) is 99.4 Å². The molecular weight excluding hydrogens is 376 g/mol. The molecule has 1 atom stereocenters. The van der Waals surface area contributed by atoms with E-state index in [1.54, 1.807) is 30.3 Å². The van der Waals surface area contributed by atoms with E-state index in [-0.39, 0.29) is 11.3 Å². The maximum Gasteiger partial charge on any atom is 0.342 e. The van der Waals surface area contributed by atoms with Crippen LogP contribution in [-0.2, 0) is 9.53 Å². The van der Waals surface area contributed by atoms with Crippen LogP contribution in [0.3, 0.4) is 0 Å². The average molecular weight is 389 g/mol. The number of rotatable bonds is 4. The molecule has 0 radical (unpaired) electrons. The number of nitrogens with zero attached hydrogens (tertiary/aromatic N) is 1. The highest BCUT2D eigenvalue weighted by Crippen LogP contribution is 2.23. The van der Waals surface area contributed by atoms with Gasteiger partial charge in [-0.2, -0.15) is 5.26 Å². The van der Waals surface area contributed by atoms with Crippen molar-refractivity contribution in [1.29, 1.82) is 5.26 Å². The zero-order valence-electron chi connectivity index (χ0n) is 12.6. The van der Waals surface area contributed by atoms with E-state index in [0.29, 0.717) is 15.7 Å². The number of nitriles is 1. The van der Waals surface area contributed by atoms with Crippen molar-refractivity contribution in [2.75, 3.05) is 5.32 Å². The molecule has 122 valence electrons. The van der Waals surface area contributed by atoms with Crippen LogP contribution in [0.2, 0.25) is 0 Å². The second kappa shape index (κ2) is 7.62. The summed E-state index contributed by atoms with van der Waals surface area (Å²) in [6, 6.07) is 12.8. The van der Waals surface area contributed by atoms with Gasteiger partial charge >= 0.3 is 5.97 Å². The van der Waals surface area contributed by atoms with Gasteiger partial charge in [-0.05, 0) is 37.3 Å². The molecule has 0 aliphatic carbocycles. The van der Waals surface area contributed by atoms with Crippen molar-refractivity contribution in [3.8, 4) is 11.8 Å². The number of halogens is 1. The van der Waals surface area contributed by atoms with Gasteiger partial charge in [0.05, 0.1) is 11.3 Å². The number of amides is 1. The van der Waals surface area contributed by atoms with E-state index >= 15 is 0 Å². The third kappa shape index (κ3) is 4.12. The van der Waals surface area contributed by atoms with E-state index < -0.39 is 18.0 Å². The second-order valence-corrected chi connectivity index (χ2v) is 5.77. The maximum atomic E-state index is 12.1. The second-order valence-electron chi connectivity index (χ2n) is 4.86. The molecule has 2 aromatic carbocycles. The molecule has 0 aromatic heterocycles. The zero-order chi connectivity index (χ0) is 17.7. The molecule has 0 bridgehead atoms. The van der Waals surface area contributed by atoms with Gasteiger partial charge in [-0.1, -0.05) is 28.1 Å². The first-order chi connectivity index (χ1) is 11.4. The Bertz CT molecular complexity index is 830. The van der Waals surface area contributed by atoms with Crippen LogP contribution in [0.5, 0.6) is 5.75 Å². The van der Waals surface area contributed by atoms with Crippen LogP contribution >= 0.6 is 15.9 Å². The molecule has 2 aromatic rings. The first-order valence-corrected chi connectivity index (χ1v) is 7.71. The Labute approximate surface area is 146 Å². The smallest absolute Gasteiger partial charge is 0.342 e. The lowest BCUT2D eigenvalue weighted by molar-refractivity contribution is -0.123. The third-order valence-electron chi connectivity index (χ3n) is 3.14. The molecule has 0 saturated heterocycles. The highest BCUT2D eigenvalue weighted by atomic mass is 79.9. The monoisotopic (exact) mass is 388 g/mol. The molecule has 6 nitrogen and oxygen atoms in total. The third-order valence-corrected chi connectivity index (χ3v) is 3.63. The quantitative estimate of drug-likeness (QED) is 0.783. The molecule has 0 heterocycles. The molecule has 7 heteroatoms. The van der Waals surface area contributed by atoms with E-state index in [0.717, 1.165) is 0 Å². The van der Waals surface area contributed by atoms with Gasteiger partial charge in [0.2, 0.25) is 0 Å². The van der Waals surface area contributed by atoms with Gasteiger partial charge in [-0.15, -0.1) is 0 Å². The number of hydrogen-bond donors (Lipinski definition) is 2. The summed E-state index contributed by atoms with van der Waals surface area (Å²) in [7, 11) is 0. The molecular formula is C17H13BrN2O4. The van der Waals surface area contributed by atoms with Gasteiger partial charge in [0, 0.05) is 4.47 Å². The number of ether oxygens (including phenoxy) is 1. The number of phenolic OH excluding ortho intramolecular Hbond substituents is 1. The lowest BCUT2D eigenvalue weighted by Crippen LogP contribution is -2.30. The number of benzene rings is 2. The van der Waals surface area contributed by atoms with Gasteiger partial charge in [-0.3, -0.25) is 4.79 Å². The van der Waals surface area contributed by atoms with Crippen LogP contribution < -0.4 is 5.32 Å². The summed E-state index contributed by atoms with van der Waals surface area (Å²) in [4.78, 5) is 24.2. The van der Waals surface area contributed by atoms with Crippen LogP contribution in [0, 0.1) is 11.3 Å². The van der Waals surface area contributed by atoms with Crippen LogP contribution in [0.4, 0.5) is 5.69 Å². The summed E-state index contributed by atoms with van der Waals surface area (Å²) in [5, 5.41) is 21.2. The number of nitrogens with one attached hydrogen (secondary N) is 1. The highest BCUT2D eigenvalue weighted by molar-refractivity contribution is 9.10. The van der Waals surface area contributed by atoms with Crippen molar-refractivity contribution in [3.05, 3.63) is 58.1 Å². The zero-order valence-corrected chi connectivity index (χ0v) is 14.2. The molecule has 0 aliphatic rings. The van der Waals surface area contributed by atoms with Crippen molar-refractivity contribution < 1.29 is 19.4 Å². The minimum Gasteiger partial charge on any atom is -0.507 e. The Hall–Kier alpha value is -2.85. The molecule has 0 saturated carbocycles. The number of carbonyl (C=O) groups is 2. The normalized spacial score (nSPS) is 11.2. The summed E-state index contributed by atoms with van der Waals surface area (Å²) < 4.78 is 5.66. The van der Waals surface area contributed by atoms with Crippen LogP contribution in [0.1, 0.15) is 22.8 Å². The predicted octanol–water partition coefficient (Wildman–Crippen LogP) is 3.21. The van der Waals surface area contributed by atoms with Crippen LogP contribution in [-0.4, -0.2) is 23.1 Å². The molecule has 0 fully saturated rings. The Morgan fingerprint density at radius 3 is 2.71 bits per heavy atom. The van der Waals surface area contributed by atoms with E-state index in [2.05, 4.69) is 21.2 Å². The molecule has 2 rings (SSSR count). The summed E-state index contributed by atoms with van der Waals surface area (Å²) in [6.07, 6.45) is -1.11. The number of aromatic hydroxyl groups is 1. The van der Waals surface area contributed by atoms with Gasteiger partial charge in [0.25, 0.3) is 5.91 Å². The number of para-hydroxylation sites is 1. The summed E-state index contributed by atoms with van der Waals surface area (Å²) in [6.45, 7) is 1.40. The number of esters is 1. The van der Waals surface area contributed by atoms with Crippen molar-refractivity contribution in [3.63, 3.8) is 0 Å². The fraction of sp³-hybridized carbons (Fsp3) is 0.118. The molecule has 0 spiro atoms. The van der Waals surface area contributed by atoms with Gasteiger partial charge in [-0.25, -0.2) is 4.79 Å². The lowest BCUT2D eigenvalue weighted by Gasteiger charge is -2.14. The number of anilines is 1. The minimum atomic E-state index is -1.11. The standard InChI is InChI=1S/C17H13BrN2O4/c1-10(16(22)20-14-5-3-2-4-11(14)9-19)24-17(23)13-8-12(18)6-7-15(13)21/h2-8,10,21H,1H3,(H,20,22)/t10-/m0/s1. The van der Waals surface area contributed by atoms with E-state index in [1.165, 1.54) is 19.1 Å². The molecule has 24 heavy (non-hydrogen) atoms. The van der Waals surface area contributed by atoms with Crippen LogP contribution in [0.15, 0.2) is 46.9 Å². The Morgan fingerprint density at radius 1 is 1.29 bits per heavy atom. The largest absolute Gasteiger partial charge is 0.507 e. The average Bonchev–Trinajstić information content (AvgIpc) is 2.57. The number of carbonyl (C=O) groups excluding carboxylic acids is 2. The van der Waals surface area contributed by atoms with Gasteiger partial charge in [0.15, 0.2) is 6.10 Å². The molecule has 0 unspecified atom stereocenters. The Balaban J connectivity index is 2.07. The summed E-state index contributed by atoms with van der Waals surface area (Å²) in [5.74, 6) is -1.66. The van der Waals surface area contributed by atoms with Gasteiger partial charge < -0.3 is 15.2 Å². The van der Waals surface area contributed by atoms with E-state index in [1.807, 2.05) is 6.07 Å². The van der Waals surface area contributed by atoms with E-state index in [9.17, 15) is 14.7 Å². The first kappa shape index (κ1) is 17.5. The lowest BCUT2D eigenvalue weighted by atomic mass is 10.2. The van der Waals surface area contributed by atoms with Crippen molar-refractivity contribution >= 4 is 33.5 Å². The van der Waals surface area contributed by atoms with E-state index in [4.69, 9.17) is 10.00 Å². The van der Waals surface area contributed by atoms with Crippen molar-refractivity contribution in [1.82, 2.24) is 0 Å². The molecule has 0 aliphatic heterocycles. The molecule has 1 amide bonds. The highest BCUT2D eigenvalue weighted by Gasteiger charge is 2.21. The number of hydrogen-bond acceptors (Lipinski definition) is 5. The van der Waals surface area contributed by atoms with Crippen molar-refractivity contribution in [2.45, 2.75) is 13.0 Å². The fourth-order valence-corrected chi connectivity index (χ4v) is 2.23. The Kier molecular flexibility index (Phi) is 5.55. The first-order valence-electron chi connectivity index (χ1n) is 6.92. The summed E-state index contributed by atoms with van der Waals surface area (Å²) >= 11 is 3.19. The van der Waals surface area contributed by atoms with Crippen molar-refractivity contribution in [2.24, 2.45) is 0 Å². The predicted molar refractivity (Wildman–Crippen MR) is 90.5 cm³/mol. The minimum absolute atomic E-state index is 0.0542. The van der Waals surface area contributed by atoms with Crippen LogP contribution in [0.25, 0.3) is 0 Å². The summed E-state index contributed by atoms with van der Waals surface area (Å²) in [5.41, 5.74) is 0.577.